The largest absolute Gasteiger partial charge is 0.308 e. The number of nitrogens with zero attached hydrogens (tertiary/aromatic N) is 3. The van der Waals surface area contributed by atoms with Crippen LogP contribution in [0.1, 0.15) is 0 Å². The van der Waals surface area contributed by atoms with Crippen molar-refractivity contribution < 1.29 is 4.79 Å². The lowest BCUT2D eigenvalue weighted by Crippen LogP contribution is -2.37. The molecule has 0 bridgehead atoms. The number of rotatable bonds is 7. The monoisotopic (exact) mass is 449 g/mol. The third kappa shape index (κ3) is 5.07. The summed E-state index contributed by atoms with van der Waals surface area (Å²) < 4.78 is 2.10. The lowest BCUT2D eigenvalue weighted by Gasteiger charge is -2.21. The third-order valence-corrected chi connectivity index (χ3v) is 6.28. The van der Waals surface area contributed by atoms with Crippen LogP contribution >= 0.6 is 39.0 Å². The van der Waals surface area contributed by atoms with Crippen molar-refractivity contribution in [2.24, 2.45) is 0 Å². The number of carbonyl (C=O) groups excluding carboxylic acids is 1. The van der Waals surface area contributed by atoms with Crippen molar-refractivity contribution in [2.75, 3.05) is 37.8 Å². The molecule has 0 spiro atoms. The molecule has 3 rings (SSSR count). The van der Waals surface area contributed by atoms with E-state index in [-0.39, 0.29) is 5.91 Å². The van der Waals surface area contributed by atoms with Crippen LogP contribution in [0, 0.1) is 0 Å². The van der Waals surface area contributed by atoms with E-state index in [1.54, 1.807) is 23.1 Å². The van der Waals surface area contributed by atoms with E-state index < -0.39 is 0 Å². The van der Waals surface area contributed by atoms with Gasteiger partial charge in [0.15, 0.2) is 5.13 Å². The van der Waals surface area contributed by atoms with E-state index in [1.165, 1.54) is 0 Å². The first kappa shape index (κ1) is 19.4. The van der Waals surface area contributed by atoms with Gasteiger partial charge in [0.05, 0.1) is 16.0 Å². The van der Waals surface area contributed by atoms with Crippen LogP contribution in [0.3, 0.4) is 0 Å². The van der Waals surface area contributed by atoms with E-state index in [1.807, 2.05) is 67.5 Å². The van der Waals surface area contributed by atoms with Crippen LogP contribution in [0.4, 0.5) is 5.13 Å². The summed E-state index contributed by atoms with van der Waals surface area (Å²) >= 11 is 6.61. The molecule has 0 aliphatic carbocycles. The molecule has 4 nitrogen and oxygen atoms in total. The molecular formula is C19H20BrN3OS2. The van der Waals surface area contributed by atoms with Crippen molar-refractivity contribution in [3.8, 4) is 0 Å². The minimum absolute atomic E-state index is 0.0822. The quantitative estimate of drug-likeness (QED) is 0.487. The lowest BCUT2D eigenvalue weighted by molar-refractivity contribution is -0.116. The summed E-state index contributed by atoms with van der Waals surface area (Å²) in [7, 11) is 4.02. The van der Waals surface area contributed by atoms with Crippen LogP contribution in [0.5, 0.6) is 0 Å². The maximum Gasteiger partial charge on any atom is 0.239 e. The summed E-state index contributed by atoms with van der Waals surface area (Å²) in [4.78, 5) is 22.6. The zero-order valence-electron chi connectivity index (χ0n) is 14.7. The van der Waals surface area contributed by atoms with Crippen LogP contribution in [0.15, 0.2) is 57.9 Å². The Labute approximate surface area is 170 Å². The molecule has 0 aliphatic rings. The zero-order chi connectivity index (χ0) is 18.5. The van der Waals surface area contributed by atoms with Gasteiger partial charge in [-0.3, -0.25) is 9.69 Å². The molecule has 0 atom stereocenters. The molecule has 7 heteroatoms. The number of aromatic nitrogens is 1. The molecule has 2 aromatic carbocycles. The van der Waals surface area contributed by atoms with Gasteiger partial charge in [-0.1, -0.05) is 45.5 Å². The Hall–Kier alpha value is -1.41. The van der Waals surface area contributed by atoms with Crippen LogP contribution in [-0.2, 0) is 4.79 Å². The third-order valence-electron chi connectivity index (χ3n) is 3.75. The number of halogens is 1. The number of thioether (sulfide) groups is 1. The molecular weight excluding hydrogens is 430 g/mol. The standard InChI is InChI=1S/C19H20BrN3OS2/c1-22(2)10-11-23(18(24)13-25-15-6-4-3-5-7-15)19-21-16-9-8-14(20)12-17(16)26-19/h3-9,12H,10-11,13H2,1-2H3. The minimum atomic E-state index is 0.0822. The Bertz CT molecular complexity index is 883. The average Bonchev–Trinajstić information content (AvgIpc) is 3.03. The number of carbonyl (C=O) groups is 1. The highest BCUT2D eigenvalue weighted by Gasteiger charge is 2.20. The van der Waals surface area contributed by atoms with Gasteiger partial charge < -0.3 is 4.90 Å². The number of fused-ring (bicyclic) bond motifs is 1. The van der Waals surface area contributed by atoms with Crippen LogP contribution in [0.25, 0.3) is 10.2 Å². The Kier molecular flexibility index (Phi) is 6.69. The summed E-state index contributed by atoms with van der Waals surface area (Å²) in [6, 6.07) is 16.0. The van der Waals surface area contributed by atoms with E-state index in [0.717, 1.165) is 31.3 Å². The van der Waals surface area contributed by atoms with Crippen molar-refractivity contribution in [3.63, 3.8) is 0 Å². The highest BCUT2D eigenvalue weighted by atomic mass is 79.9. The maximum absolute atomic E-state index is 12.9. The fourth-order valence-electron chi connectivity index (χ4n) is 2.37. The van der Waals surface area contributed by atoms with E-state index in [4.69, 9.17) is 0 Å². The minimum Gasteiger partial charge on any atom is -0.308 e. The molecule has 0 aliphatic heterocycles. The van der Waals surface area contributed by atoms with Crippen molar-refractivity contribution >= 4 is 60.3 Å². The smallest absolute Gasteiger partial charge is 0.239 e. The molecule has 1 aromatic heterocycles. The number of benzene rings is 2. The van der Waals surface area contributed by atoms with Crippen molar-refractivity contribution in [2.45, 2.75) is 4.90 Å². The summed E-state index contributed by atoms with van der Waals surface area (Å²) in [6.45, 7) is 1.42. The summed E-state index contributed by atoms with van der Waals surface area (Å²) in [5.41, 5.74) is 0.923. The molecule has 0 fully saturated rings. The maximum atomic E-state index is 12.9. The first-order chi connectivity index (χ1) is 12.5. The lowest BCUT2D eigenvalue weighted by atomic mass is 10.3. The molecule has 0 saturated heterocycles. The van der Waals surface area contributed by atoms with E-state index in [2.05, 4.69) is 25.8 Å². The molecule has 26 heavy (non-hydrogen) atoms. The number of anilines is 1. The second-order valence-corrected chi connectivity index (χ2v) is 9.03. The van der Waals surface area contributed by atoms with Crippen molar-refractivity contribution in [3.05, 3.63) is 53.0 Å². The van der Waals surface area contributed by atoms with Gasteiger partial charge >= 0.3 is 0 Å². The number of likely N-dealkylation sites (N-methyl/N-ethyl adjacent to an activating group) is 1. The molecule has 1 amide bonds. The Morgan fingerprint density at radius 2 is 1.92 bits per heavy atom. The first-order valence-corrected chi connectivity index (χ1v) is 10.8. The van der Waals surface area contributed by atoms with Crippen molar-refractivity contribution in [1.29, 1.82) is 0 Å². The van der Waals surface area contributed by atoms with Crippen molar-refractivity contribution in [1.82, 2.24) is 9.88 Å². The number of thiazole rings is 1. The average molecular weight is 450 g/mol. The molecule has 0 N–H and O–H groups in total. The number of hydrogen-bond donors (Lipinski definition) is 0. The van der Waals surface area contributed by atoms with E-state index in [9.17, 15) is 4.79 Å². The summed E-state index contributed by atoms with van der Waals surface area (Å²) in [5, 5.41) is 0.763. The zero-order valence-corrected chi connectivity index (χ0v) is 17.9. The van der Waals surface area contributed by atoms with Gasteiger partial charge in [-0.05, 0) is 44.4 Å². The van der Waals surface area contributed by atoms with Gasteiger partial charge in [-0.15, -0.1) is 11.8 Å². The topological polar surface area (TPSA) is 36.4 Å². The first-order valence-electron chi connectivity index (χ1n) is 8.22. The Morgan fingerprint density at radius 3 is 2.65 bits per heavy atom. The van der Waals surface area contributed by atoms with Gasteiger partial charge in [0.25, 0.3) is 0 Å². The summed E-state index contributed by atoms with van der Waals surface area (Å²) in [6.07, 6.45) is 0. The predicted molar refractivity (Wildman–Crippen MR) is 115 cm³/mol. The highest BCUT2D eigenvalue weighted by molar-refractivity contribution is 9.10. The van der Waals surface area contributed by atoms with Gasteiger partial charge in [-0.25, -0.2) is 4.98 Å². The SMILES string of the molecule is CN(C)CCN(C(=O)CSc1ccccc1)c1nc2ccc(Br)cc2s1. The van der Waals surface area contributed by atoms with Crippen LogP contribution in [-0.4, -0.2) is 48.7 Å². The number of amides is 1. The normalized spacial score (nSPS) is 11.2. The van der Waals surface area contributed by atoms with Crippen LogP contribution in [0.2, 0.25) is 0 Å². The van der Waals surface area contributed by atoms with Gasteiger partial charge in [0.1, 0.15) is 0 Å². The van der Waals surface area contributed by atoms with Gasteiger partial charge in [-0.2, -0.15) is 0 Å². The summed E-state index contributed by atoms with van der Waals surface area (Å²) in [5.74, 6) is 0.482. The molecule has 0 radical (unpaired) electrons. The van der Waals surface area contributed by atoms with Crippen LogP contribution < -0.4 is 4.90 Å². The molecule has 0 unspecified atom stereocenters. The Morgan fingerprint density at radius 1 is 1.15 bits per heavy atom. The van der Waals surface area contributed by atoms with E-state index in [0.29, 0.717) is 12.3 Å². The fraction of sp³-hybridized carbons (Fsp3) is 0.263. The van der Waals surface area contributed by atoms with Gasteiger partial charge in [0.2, 0.25) is 5.91 Å². The predicted octanol–water partition coefficient (Wildman–Crippen LogP) is 4.75. The molecule has 1 heterocycles. The molecule has 0 saturated carbocycles. The fourth-order valence-corrected chi connectivity index (χ4v) is 4.72. The second kappa shape index (κ2) is 8.99. The van der Waals surface area contributed by atoms with E-state index >= 15 is 0 Å². The van der Waals surface area contributed by atoms with Gasteiger partial charge in [0, 0.05) is 22.5 Å². The highest BCUT2D eigenvalue weighted by Crippen LogP contribution is 2.31. The second-order valence-electron chi connectivity index (χ2n) is 6.06. The Balaban J connectivity index is 1.79. The molecule has 3 aromatic rings. The number of hydrogen-bond acceptors (Lipinski definition) is 5. The molecule has 136 valence electrons.